The second-order valence-electron chi connectivity index (χ2n) is 6.54. The standard InChI is InChI=1S/C19H21N7O2S/c1-12-9-15(24-23-12)22-17-11-25(10-16-21-7-8-26(16)17)29-14-5-3-13(4-6-14)18(28-2)19(20)27/h3-9,11,18H,10H2,1-2H3,(H2,20,27)(H2,22,23,24). The lowest BCUT2D eigenvalue weighted by Gasteiger charge is -2.26. The molecule has 3 heterocycles. The molecule has 0 aliphatic carbocycles. The van der Waals surface area contributed by atoms with Crippen LogP contribution < -0.4 is 11.1 Å². The fourth-order valence-corrected chi connectivity index (χ4v) is 3.94. The number of aromatic amines is 1. The van der Waals surface area contributed by atoms with E-state index in [0.717, 1.165) is 33.6 Å². The van der Waals surface area contributed by atoms with Crippen LogP contribution in [-0.2, 0) is 16.1 Å². The molecular weight excluding hydrogens is 390 g/mol. The van der Waals surface area contributed by atoms with Gasteiger partial charge in [0.15, 0.2) is 11.9 Å². The van der Waals surface area contributed by atoms with Gasteiger partial charge in [-0.2, -0.15) is 5.10 Å². The Labute approximate surface area is 172 Å². The lowest BCUT2D eigenvalue weighted by molar-refractivity contribution is -0.128. The van der Waals surface area contributed by atoms with Crippen molar-refractivity contribution in [2.75, 3.05) is 12.4 Å². The second kappa shape index (κ2) is 8.02. The Kier molecular flexibility index (Phi) is 5.28. The maximum atomic E-state index is 11.5. The Morgan fingerprint density at radius 2 is 2.17 bits per heavy atom. The number of amides is 1. The lowest BCUT2D eigenvalue weighted by atomic mass is 10.1. The normalized spacial score (nSPS) is 14.3. The molecule has 0 bridgehead atoms. The number of anilines is 1. The van der Waals surface area contributed by atoms with E-state index in [1.165, 1.54) is 7.11 Å². The Hall–Kier alpha value is -3.24. The van der Waals surface area contributed by atoms with Gasteiger partial charge < -0.3 is 20.1 Å². The number of imidazole rings is 1. The van der Waals surface area contributed by atoms with Gasteiger partial charge in [-0.3, -0.25) is 14.5 Å². The zero-order valence-electron chi connectivity index (χ0n) is 16.0. The van der Waals surface area contributed by atoms with Gasteiger partial charge in [-0.15, -0.1) is 0 Å². The molecule has 1 aliphatic heterocycles. The molecule has 4 N–H and O–H groups in total. The molecule has 0 saturated carbocycles. The summed E-state index contributed by atoms with van der Waals surface area (Å²) in [5.41, 5.74) is 7.08. The number of methoxy groups -OCH3 is 1. The van der Waals surface area contributed by atoms with Crippen LogP contribution in [0.1, 0.15) is 23.2 Å². The smallest absolute Gasteiger partial charge is 0.251 e. The zero-order chi connectivity index (χ0) is 20.4. The first-order valence-corrected chi connectivity index (χ1v) is 9.71. The van der Waals surface area contributed by atoms with E-state index in [9.17, 15) is 4.79 Å². The van der Waals surface area contributed by atoms with Crippen molar-refractivity contribution in [3.05, 3.63) is 66.0 Å². The van der Waals surface area contributed by atoms with Gasteiger partial charge in [0.25, 0.3) is 5.91 Å². The molecule has 0 saturated heterocycles. The number of aromatic nitrogens is 4. The average Bonchev–Trinajstić information content (AvgIpc) is 3.32. The fraction of sp³-hybridized carbons (Fsp3) is 0.211. The first kappa shape index (κ1) is 19.1. The van der Waals surface area contributed by atoms with Gasteiger partial charge in [0, 0.05) is 36.2 Å². The van der Waals surface area contributed by atoms with Crippen LogP contribution in [0.4, 0.5) is 5.82 Å². The largest absolute Gasteiger partial charge is 0.367 e. The number of carbonyl (C=O) groups is 1. The molecule has 0 radical (unpaired) electrons. The van der Waals surface area contributed by atoms with E-state index < -0.39 is 12.0 Å². The van der Waals surface area contributed by atoms with E-state index in [2.05, 4.69) is 24.8 Å². The quantitative estimate of drug-likeness (QED) is 0.512. The summed E-state index contributed by atoms with van der Waals surface area (Å²) in [6.45, 7) is 2.60. The molecule has 2 aromatic heterocycles. The van der Waals surface area contributed by atoms with E-state index in [4.69, 9.17) is 10.5 Å². The molecule has 1 atom stereocenters. The molecule has 1 aliphatic rings. The number of benzene rings is 1. The lowest BCUT2D eigenvalue weighted by Crippen LogP contribution is -2.23. The summed E-state index contributed by atoms with van der Waals surface area (Å²) in [4.78, 5) is 16.9. The molecule has 1 aromatic carbocycles. The molecule has 3 aromatic rings. The van der Waals surface area contributed by atoms with Crippen molar-refractivity contribution < 1.29 is 9.53 Å². The van der Waals surface area contributed by atoms with Crippen molar-refractivity contribution in [1.82, 2.24) is 24.1 Å². The monoisotopic (exact) mass is 411 g/mol. The van der Waals surface area contributed by atoms with Crippen molar-refractivity contribution >= 4 is 29.5 Å². The molecule has 4 rings (SSSR count). The maximum Gasteiger partial charge on any atom is 0.251 e. The summed E-state index contributed by atoms with van der Waals surface area (Å²) in [7, 11) is 1.47. The van der Waals surface area contributed by atoms with Gasteiger partial charge >= 0.3 is 0 Å². The number of fused-ring (bicyclic) bond motifs is 1. The zero-order valence-corrected chi connectivity index (χ0v) is 16.8. The Bertz CT molecular complexity index is 1040. The Balaban J connectivity index is 1.52. The number of carbonyl (C=O) groups excluding carboxylic acids is 1. The molecule has 0 spiro atoms. The van der Waals surface area contributed by atoms with Crippen molar-refractivity contribution in [1.29, 1.82) is 0 Å². The number of nitrogens with one attached hydrogen (secondary N) is 2. The summed E-state index contributed by atoms with van der Waals surface area (Å²) < 4.78 is 9.25. The molecule has 29 heavy (non-hydrogen) atoms. The van der Waals surface area contributed by atoms with Crippen LogP contribution in [0.25, 0.3) is 5.82 Å². The second-order valence-corrected chi connectivity index (χ2v) is 7.67. The van der Waals surface area contributed by atoms with Gasteiger partial charge in [-0.25, -0.2) is 4.98 Å². The first-order chi connectivity index (χ1) is 14.0. The van der Waals surface area contributed by atoms with Crippen LogP contribution >= 0.6 is 11.9 Å². The Morgan fingerprint density at radius 3 is 2.83 bits per heavy atom. The minimum absolute atomic E-state index is 0.511. The van der Waals surface area contributed by atoms with Gasteiger partial charge in [0.2, 0.25) is 0 Å². The SMILES string of the molecule is COC(C(N)=O)c1ccc(SN2C=C(Nc3cc(C)[nH]n3)n3ccnc3C2)cc1. The van der Waals surface area contributed by atoms with E-state index in [-0.39, 0.29) is 0 Å². The number of rotatable bonds is 7. The fourth-order valence-electron chi connectivity index (χ4n) is 3.07. The number of primary amides is 1. The molecule has 0 fully saturated rings. The highest BCUT2D eigenvalue weighted by atomic mass is 32.2. The summed E-state index contributed by atoms with van der Waals surface area (Å²) in [5, 5.41) is 10.5. The molecule has 1 unspecified atom stereocenters. The number of aryl methyl sites for hydroxylation is 1. The van der Waals surface area contributed by atoms with E-state index in [0.29, 0.717) is 6.54 Å². The summed E-state index contributed by atoms with van der Waals surface area (Å²) >= 11 is 1.57. The number of ether oxygens (including phenoxy) is 1. The highest BCUT2D eigenvalue weighted by molar-refractivity contribution is 7.97. The van der Waals surface area contributed by atoms with Crippen molar-refractivity contribution in [3.63, 3.8) is 0 Å². The van der Waals surface area contributed by atoms with Crippen molar-refractivity contribution in [3.8, 4) is 0 Å². The van der Waals surface area contributed by atoms with Crippen LogP contribution in [0.2, 0.25) is 0 Å². The first-order valence-electron chi connectivity index (χ1n) is 8.93. The number of nitrogens with zero attached hydrogens (tertiary/aromatic N) is 4. The molecule has 1 amide bonds. The molecule has 9 nitrogen and oxygen atoms in total. The third-order valence-corrected chi connectivity index (χ3v) is 5.35. The van der Waals surface area contributed by atoms with Crippen LogP contribution in [0.5, 0.6) is 0 Å². The number of H-pyrrole nitrogens is 1. The number of hydrogen-bond donors (Lipinski definition) is 3. The van der Waals surface area contributed by atoms with Gasteiger partial charge in [0.1, 0.15) is 11.6 Å². The summed E-state index contributed by atoms with van der Waals surface area (Å²) in [6.07, 6.45) is 4.96. The van der Waals surface area contributed by atoms with Crippen LogP contribution in [-0.4, -0.2) is 37.1 Å². The van der Waals surface area contributed by atoms with E-state index >= 15 is 0 Å². The van der Waals surface area contributed by atoms with E-state index in [1.54, 1.807) is 18.1 Å². The Morgan fingerprint density at radius 1 is 1.38 bits per heavy atom. The highest BCUT2D eigenvalue weighted by Gasteiger charge is 2.20. The maximum absolute atomic E-state index is 11.5. The van der Waals surface area contributed by atoms with Crippen molar-refractivity contribution in [2.24, 2.45) is 5.73 Å². The van der Waals surface area contributed by atoms with Crippen LogP contribution in [0.3, 0.4) is 0 Å². The van der Waals surface area contributed by atoms with Crippen LogP contribution in [0, 0.1) is 6.92 Å². The predicted octanol–water partition coefficient (Wildman–Crippen LogP) is 2.48. The third kappa shape index (κ3) is 4.13. The summed E-state index contributed by atoms with van der Waals surface area (Å²) in [6, 6.07) is 9.51. The molecular formula is C19H21N7O2S. The minimum atomic E-state index is -0.746. The van der Waals surface area contributed by atoms with Gasteiger partial charge in [0.05, 0.1) is 12.7 Å². The number of nitrogens with two attached hydrogens (primary N) is 1. The van der Waals surface area contributed by atoms with Gasteiger partial charge in [-0.1, -0.05) is 12.1 Å². The third-order valence-electron chi connectivity index (χ3n) is 4.40. The van der Waals surface area contributed by atoms with Crippen LogP contribution in [0.15, 0.2) is 53.8 Å². The molecule has 10 heteroatoms. The van der Waals surface area contributed by atoms with Gasteiger partial charge in [-0.05, 0) is 36.6 Å². The molecule has 150 valence electrons. The topological polar surface area (TPSA) is 114 Å². The van der Waals surface area contributed by atoms with Crippen molar-refractivity contribution in [2.45, 2.75) is 24.5 Å². The minimum Gasteiger partial charge on any atom is -0.367 e. The van der Waals surface area contributed by atoms with E-state index in [1.807, 2.05) is 54.2 Å². The average molecular weight is 411 g/mol. The summed E-state index contributed by atoms with van der Waals surface area (Å²) in [5.74, 6) is 2.00. The highest BCUT2D eigenvalue weighted by Crippen LogP contribution is 2.31. The number of hydrogen-bond acceptors (Lipinski definition) is 7. The predicted molar refractivity (Wildman–Crippen MR) is 110 cm³/mol.